The number of aliphatic imine (C=N–C) groups is 1. The van der Waals surface area contributed by atoms with Gasteiger partial charge < -0.3 is 24.9 Å². The lowest BCUT2D eigenvalue weighted by atomic mass is 10.0. The third kappa shape index (κ3) is 3.72. The Bertz CT molecular complexity index is 1040. The minimum Gasteiger partial charge on any atom is -0.497 e. The van der Waals surface area contributed by atoms with Gasteiger partial charge in [-0.05, 0) is 42.3 Å². The highest BCUT2D eigenvalue weighted by molar-refractivity contribution is 6.12. The van der Waals surface area contributed by atoms with Crippen molar-refractivity contribution in [1.82, 2.24) is 0 Å². The second-order valence-corrected chi connectivity index (χ2v) is 6.72. The van der Waals surface area contributed by atoms with Gasteiger partial charge in [0.25, 0.3) is 0 Å². The van der Waals surface area contributed by atoms with Crippen molar-refractivity contribution in [3.8, 4) is 5.75 Å². The number of anilines is 1. The SMILES string of the molecule is COc1ccc(N2C(c3ccc(CCC(=O)O)cc3)=Nc3occc3C2N)cc1. The number of methoxy groups -OCH3 is 1. The van der Waals surface area contributed by atoms with Crippen LogP contribution in [-0.4, -0.2) is 24.0 Å². The van der Waals surface area contributed by atoms with Gasteiger partial charge in [0.15, 0.2) is 0 Å². The lowest BCUT2D eigenvalue weighted by Crippen LogP contribution is -2.41. The van der Waals surface area contributed by atoms with Crippen LogP contribution >= 0.6 is 0 Å². The number of hydrogen-bond donors (Lipinski definition) is 2. The Morgan fingerprint density at radius 2 is 1.90 bits per heavy atom. The fourth-order valence-electron chi connectivity index (χ4n) is 3.35. The molecule has 0 radical (unpaired) electrons. The lowest BCUT2D eigenvalue weighted by molar-refractivity contribution is -0.136. The predicted molar refractivity (Wildman–Crippen MR) is 110 cm³/mol. The Balaban J connectivity index is 1.72. The molecule has 4 rings (SSSR count). The normalized spacial score (nSPS) is 15.6. The molecule has 2 heterocycles. The van der Waals surface area contributed by atoms with E-state index >= 15 is 0 Å². The molecular formula is C22H21N3O4. The first-order valence-corrected chi connectivity index (χ1v) is 9.23. The first-order valence-electron chi connectivity index (χ1n) is 9.23. The maximum Gasteiger partial charge on any atom is 0.303 e. The number of carboxylic acids is 1. The Morgan fingerprint density at radius 3 is 2.55 bits per heavy atom. The summed E-state index contributed by atoms with van der Waals surface area (Å²) in [6, 6.07) is 17.1. The molecular weight excluding hydrogens is 370 g/mol. The van der Waals surface area contributed by atoms with Crippen molar-refractivity contribution in [2.75, 3.05) is 12.0 Å². The van der Waals surface area contributed by atoms with Crippen LogP contribution in [0.15, 0.2) is 70.3 Å². The number of furan rings is 1. The lowest BCUT2D eigenvalue weighted by Gasteiger charge is -2.34. The van der Waals surface area contributed by atoms with E-state index in [0.29, 0.717) is 18.1 Å². The zero-order valence-electron chi connectivity index (χ0n) is 15.9. The van der Waals surface area contributed by atoms with Gasteiger partial charge in [-0.3, -0.25) is 4.79 Å². The molecule has 3 aromatic rings. The van der Waals surface area contributed by atoms with Crippen molar-refractivity contribution in [1.29, 1.82) is 0 Å². The first kappa shape index (κ1) is 18.8. The molecule has 0 saturated carbocycles. The largest absolute Gasteiger partial charge is 0.497 e. The van der Waals surface area contributed by atoms with Crippen LogP contribution in [0.5, 0.6) is 5.75 Å². The highest BCUT2D eigenvalue weighted by atomic mass is 16.5. The quantitative estimate of drug-likeness (QED) is 0.662. The van der Waals surface area contributed by atoms with Crippen molar-refractivity contribution in [2.45, 2.75) is 19.0 Å². The highest BCUT2D eigenvalue weighted by Gasteiger charge is 2.31. The van der Waals surface area contributed by atoms with Crippen molar-refractivity contribution in [3.05, 3.63) is 77.6 Å². The third-order valence-corrected chi connectivity index (χ3v) is 4.90. The van der Waals surface area contributed by atoms with E-state index in [1.54, 1.807) is 13.4 Å². The molecule has 7 nitrogen and oxygen atoms in total. The fraction of sp³-hybridized carbons (Fsp3) is 0.182. The van der Waals surface area contributed by atoms with Crippen LogP contribution in [0.2, 0.25) is 0 Å². The van der Waals surface area contributed by atoms with Crippen LogP contribution in [0.25, 0.3) is 0 Å². The van der Waals surface area contributed by atoms with Crippen LogP contribution in [0, 0.1) is 0 Å². The van der Waals surface area contributed by atoms with Gasteiger partial charge in [-0.1, -0.05) is 24.3 Å². The number of hydrogen-bond acceptors (Lipinski definition) is 6. The summed E-state index contributed by atoms with van der Waals surface area (Å²) in [6.45, 7) is 0. The van der Waals surface area contributed by atoms with Crippen molar-refractivity contribution in [2.24, 2.45) is 10.7 Å². The average Bonchev–Trinajstić information content (AvgIpc) is 3.22. The van der Waals surface area contributed by atoms with E-state index < -0.39 is 12.1 Å². The van der Waals surface area contributed by atoms with Gasteiger partial charge in [0.1, 0.15) is 17.8 Å². The number of rotatable bonds is 6. The number of fused-ring (bicyclic) bond motifs is 1. The van der Waals surface area contributed by atoms with Crippen LogP contribution < -0.4 is 15.4 Å². The predicted octanol–water partition coefficient (Wildman–Crippen LogP) is 3.86. The fourth-order valence-corrected chi connectivity index (χ4v) is 3.35. The van der Waals surface area contributed by atoms with E-state index in [4.69, 9.17) is 25.0 Å². The summed E-state index contributed by atoms with van der Waals surface area (Å²) < 4.78 is 10.8. The van der Waals surface area contributed by atoms with Crippen molar-refractivity contribution < 1.29 is 19.1 Å². The smallest absolute Gasteiger partial charge is 0.303 e. The van der Waals surface area contributed by atoms with Gasteiger partial charge >= 0.3 is 5.97 Å². The number of carboxylic acid groups (broad SMARTS) is 1. The van der Waals surface area contributed by atoms with Crippen molar-refractivity contribution in [3.63, 3.8) is 0 Å². The summed E-state index contributed by atoms with van der Waals surface area (Å²) >= 11 is 0. The minimum absolute atomic E-state index is 0.0961. The molecule has 3 N–H and O–H groups in total. The summed E-state index contributed by atoms with van der Waals surface area (Å²) in [7, 11) is 1.62. The summed E-state index contributed by atoms with van der Waals surface area (Å²) in [4.78, 5) is 17.4. The maximum absolute atomic E-state index is 10.8. The molecule has 1 aliphatic heterocycles. The number of nitrogens with two attached hydrogens (primary N) is 1. The molecule has 29 heavy (non-hydrogen) atoms. The molecule has 0 saturated heterocycles. The Labute approximate surface area is 168 Å². The van der Waals surface area contributed by atoms with Gasteiger partial charge in [0.05, 0.1) is 18.9 Å². The molecule has 0 fully saturated rings. The van der Waals surface area contributed by atoms with Gasteiger partial charge in [-0.25, -0.2) is 0 Å². The summed E-state index contributed by atoms with van der Waals surface area (Å²) in [6.07, 6.45) is 1.69. The number of ether oxygens (including phenoxy) is 1. The molecule has 148 valence electrons. The summed E-state index contributed by atoms with van der Waals surface area (Å²) in [5, 5.41) is 8.87. The Hall–Kier alpha value is -3.58. The molecule has 7 heteroatoms. The molecule has 0 aliphatic carbocycles. The molecule has 0 bridgehead atoms. The Morgan fingerprint density at radius 1 is 1.17 bits per heavy atom. The zero-order valence-corrected chi connectivity index (χ0v) is 15.9. The second-order valence-electron chi connectivity index (χ2n) is 6.72. The maximum atomic E-state index is 10.8. The van der Waals surface area contributed by atoms with E-state index in [1.807, 2.05) is 59.5 Å². The van der Waals surface area contributed by atoms with Crippen LogP contribution in [0.3, 0.4) is 0 Å². The number of nitrogens with zero attached hydrogens (tertiary/aromatic N) is 2. The number of amidine groups is 1. The second kappa shape index (κ2) is 7.81. The van der Waals surface area contributed by atoms with Crippen LogP contribution in [0.1, 0.15) is 29.3 Å². The zero-order chi connectivity index (χ0) is 20.4. The molecule has 1 unspecified atom stereocenters. The number of aliphatic carboxylic acids is 1. The number of benzene rings is 2. The topological polar surface area (TPSA) is 101 Å². The van der Waals surface area contributed by atoms with Gasteiger partial charge in [-0.15, -0.1) is 0 Å². The van der Waals surface area contributed by atoms with Gasteiger partial charge in [0.2, 0.25) is 5.88 Å². The van der Waals surface area contributed by atoms with E-state index in [2.05, 4.69) is 0 Å². The molecule has 0 amide bonds. The average molecular weight is 391 g/mol. The molecule has 0 spiro atoms. The van der Waals surface area contributed by atoms with Crippen molar-refractivity contribution >= 4 is 23.4 Å². The molecule has 2 aromatic carbocycles. The van der Waals surface area contributed by atoms with Crippen LogP contribution in [-0.2, 0) is 11.2 Å². The molecule has 1 atom stereocenters. The number of aryl methyl sites for hydroxylation is 1. The molecule has 1 aliphatic rings. The monoisotopic (exact) mass is 391 g/mol. The van der Waals surface area contributed by atoms with E-state index in [-0.39, 0.29) is 6.42 Å². The highest BCUT2D eigenvalue weighted by Crippen LogP contribution is 2.37. The summed E-state index contributed by atoms with van der Waals surface area (Å²) in [5.74, 6) is 1.10. The standard InChI is InChI=1S/C22H21N3O4/c1-28-17-9-7-16(8-10-17)25-20(23)18-12-13-29-22(18)24-21(25)15-5-2-14(3-6-15)4-11-19(26)27/h2-3,5-10,12-13,20H,4,11,23H2,1H3,(H,26,27). The first-order chi connectivity index (χ1) is 14.1. The summed E-state index contributed by atoms with van der Waals surface area (Å²) in [5.41, 5.74) is 10.1. The Kier molecular flexibility index (Phi) is 5.05. The minimum atomic E-state index is -0.812. The van der Waals surface area contributed by atoms with Crippen LogP contribution in [0.4, 0.5) is 11.6 Å². The van der Waals surface area contributed by atoms with E-state index in [0.717, 1.165) is 28.1 Å². The third-order valence-electron chi connectivity index (χ3n) is 4.90. The number of carbonyl (C=O) groups is 1. The van der Waals surface area contributed by atoms with E-state index in [1.165, 1.54) is 0 Å². The van der Waals surface area contributed by atoms with E-state index in [9.17, 15) is 4.79 Å². The van der Waals surface area contributed by atoms with Gasteiger partial charge in [-0.2, -0.15) is 4.99 Å². The molecule has 1 aromatic heterocycles. The van der Waals surface area contributed by atoms with Gasteiger partial charge in [0, 0.05) is 17.7 Å².